The van der Waals surface area contributed by atoms with Crippen molar-refractivity contribution in [2.45, 2.75) is 19.5 Å². The van der Waals surface area contributed by atoms with Gasteiger partial charge in [0.15, 0.2) is 0 Å². The van der Waals surface area contributed by atoms with Gasteiger partial charge in [-0.3, -0.25) is 4.79 Å². The van der Waals surface area contributed by atoms with Crippen LogP contribution in [0.5, 0.6) is 0 Å². The van der Waals surface area contributed by atoms with Crippen molar-refractivity contribution in [2.24, 2.45) is 0 Å². The summed E-state index contributed by atoms with van der Waals surface area (Å²) in [6.45, 7) is 2.13. The Labute approximate surface area is 122 Å². The van der Waals surface area contributed by atoms with E-state index in [0.717, 1.165) is 16.6 Å². The van der Waals surface area contributed by atoms with Crippen molar-refractivity contribution in [1.82, 2.24) is 20.3 Å². The lowest BCUT2D eigenvalue weighted by Gasteiger charge is -2.14. The van der Waals surface area contributed by atoms with Gasteiger partial charge in [-0.2, -0.15) is 0 Å². The predicted octanol–water partition coefficient (Wildman–Crippen LogP) is 2.31. The molecule has 0 spiro atoms. The van der Waals surface area contributed by atoms with E-state index in [2.05, 4.69) is 15.6 Å². The number of aromatic nitrogens is 3. The van der Waals surface area contributed by atoms with Gasteiger partial charge in [0.1, 0.15) is 12.1 Å². The summed E-state index contributed by atoms with van der Waals surface area (Å²) in [5.41, 5.74) is 2.73. The zero-order chi connectivity index (χ0) is 14.7. The number of amides is 1. The van der Waals surface area contributed by atoms with E-state index < -0.39 is 0 Å². The number of carbonyl (C=O) groups excluding carboxylic acids is 1. The second kappa shape index (κ2) is 5.75. The Balaban J connectivity index is 1.69. The summed E-state index contributed by atoms with van der Waals surface area (Å²) in [7, 11) is 0. The highest BCUT2D eigenvalue weighted by Crippen LogP contribution is 2.12. The Morgan fingerprint density at radius 2 is 1.86 bits per heavy atom. The summed E-state index contributed by atoms with van der Waals surface area (Å²) in [5, 5.41) is 11.0. The molecule has 5 heteroatoms. The molecule has 1 aromatic heterocycles. The summed E-state index contributed by atoms with van der Waals surface area (Å²) in [5.74, 6) is -0.0815. The molecule has 0 saturated carbocycles. The van der Waals surface area contributed by atoms with Gasteiger partial charge >= 0.3 is 0 Å². The van der Waals surface area contributed by atoms with Gasteiger partial charge in [-0.15, -0.1) is 5.10 Å². The Morgan fingerprint density at radius 3 is 2.67 bits per heavy atom. The highest BCUT2D eigenvalue weighted by molar-refractivity contribution is 5.79. The molecule has 0 aliphatic carbocycles. The third-order valence-electron chi connectivity index (χ3n) is 3.39. The van der Waals surface area contributed by atoms with Gasteiger partial charge in [0, 0.05) is 0 Å². The second-order valence-electron chi connectivity index (χ2n) is 4.94. The minimum absolute atomic E-state index is 0.0338. The van der Waals surface area contributed by atoms with Gasteiger partial charge in [-0.25, -0.2) is 4.68 Å². The molecule has 106 valence electrons. The first-order valence-corrected chi connectivity index (χ1v) is 6.86. The Hall–Kier alpha value is -2.69. The van der Waals surface area contributed by atoms with E-state index in [1.807, 2.05) is 61.5 Å². The lowest BCUT2D eigenvalue weighted by atomic mass is 10.1. The van der Waals surface area contributed by atoms with Crippen molar-refractivity contribution >= 4 is 16.9 Å². The number of carbonyl (C=O) groups is 1. The van der Waals surface area contributed by atoms with Gasteiger partial charge in [0.05, 0.1) is 11.6 Å². The molecule has 0 saturated heterocycles. The molecule has 0 radical (unpaired) electrons. The second-order valence-corrected chi connectivity index (χ2v) is 4.94. The van der Waals surface area contributed by atoms with Crippen LogP contribution >= 0.6 is 0 Å². The topological polar surface area (TPSA) is 59.8 Å². The van der Waals surface area contributed by atoms with Crippen LogP contribution in [0.4, 0.5) is 0 Å². The van der Waals surface area contributed by atoms with Crippen LogP contribution in [0.2, 0.25) is 0 Å². The Kier molecular flexibility index (Phi) is 3.64. The quantitative estimate of drug-likeness (QED) is 0.797. The van der Waals surface area contributed by atoms with E-state index in [0.29, 0.717) is 0 Å². The van der Waals surface area contributed by atoms with Crippen LogP contribution in [0.1, 0.15) is 18.5 Å². The molecular formula is C16H16N4O. The zero-order valence-corrected chi connectivity index (χ0v) is 11.7. The molecular weight excluding hydrogens is 264 g/mol. The fourth-order valence-corrected chi connectivity index (χ4v) is 2.28. The molecule has 5 nitrogen and oxygen atoms in total. The SMILES string of the molecule is C[C@@H](NC(=O)Cn1nnc2ccccc21)c1ccccc1. The minimum atomic E-state index is -0.0815. The number of nitrogens with zero attached hydrogens (tertiary/aromatic N) is 3. The molecule has 3 rings (SSSR count). The maximum Gasteiger partial charge on any atom is 0.242 e. The zero-order valence-electron chi connectivity index (χ0n) is 11.7. The van der Waals surface area contributed by atoms with E-state index in [4.69, 9.17) is 0 Å². The van der Waals surface area contributed by atoms with Gasteiger partial charge in [0.2, 0.25) is 5.91 Å². The minimum Gasteiger partial charge on any atom is -0.348 e. The lowest BCUT2D eigenvalue weighted by molar-refractivity contribution is -0.122. The smallest absolute Gasteiger partial charge is 0.242 e. The highest BCUT2D eigenvalue weighted by Gasteiger charge is 2.12. The first kappa shape index (κ1) is 13.3. The number of benzene rings is 2. The normalized spacial score (nSPS) is 12.2. The number of hydrogen-bond acceptors (Lipinski definition) is 3. The predicted molar refractivity (Wildman–Crippen MR) is 80.5 cm³/mol. The summed E-state index contributed by atoms with van der Waals surface area (Å²) >= 11 is 0. The maximum absolute atomic E-state index is 12.1. The van der Waals surface area contributed by atoms with Crippen LogP contribution in [-0.4, -0.2) is 20.9 Å². The van der Waals surface area contributed by atoms with Crippen molar-refractivity contribution in [3.8, 4) is 0 Å². The van der Waals surface area contributed by atoms with Crippen LogP contribution in [0.3, 0.4) is 0 Å². The van der Waals surface area contributed by atoms with Crippen LogP contribution in [0.25, 0.3) is 11.0 Å². The number of fused-ring (bicyclic) bond motifs is 1. The van der Waals surface area contributed by atoms with Crippen molar-refractivity contribution in [2.75, 3.05) is 0 Å². The van der Waals surface area contributed by atoms with Crippen LogP contribution in [-0.2, 0) is 11.3 Å². The molecule has 2 aromatic carbocycles. The van der Waals surface area contributed by atoms with Gasteiger partial charge in [0.25, 0.3) is 0 Å². The standard InChI is InChI=1S/C16H16N4O/c1-12(13-7-3-2-4-8-13)17-16(21)11-20-15-10-6-5-9-14(15)18-19-20/h2-10,12H,11H2,1H3,(H,17,21)/t12-/m1/s1. The average Bonchev–Trinajstić information content (AvgIpc) is 2.91. The number of rotatable bonds is 4. The summed E-state index contributed by atoms with van der Waals surface area (Å²) in [6, 6.07) is 17.4. The van der Waals surface area contributed by atoms with Crippen LogP contribution in [0.15, 0.2) is 54.6 Å². The summed E-state index contributed by atoms with van der Waals surface area (Å²) in [6.07, 6.45) is 0. The van der Waals surface area contributed by atoms with E-state index >= 15 is 0 Å². The molecule has 1 amide bonds. The van der Waals surface area contributed by atoms with Crippen LogP contribution < -0.4 is 5.32 Å². The molecule has 0 unspecified atom stereocenters. The fourth-order valence-electron chi connectivity index (χ4n) is 2.28. The van der Waals surface area contributed by atoms with Gasteiger partial charge in [-0.1, -0.05) is 47.7 Å². The largest absolute Gasteiger partial charge is 0.348 e. The molecule has 0 aliphatic rings. The highest BCUT2D eigenvalue weighted by atomic mass is 16.2. The summed E-state index contributed by atoms with van der Waals surface area (Å²) < 4.78 is 1.61. The van der Waals surface area contributed by atoms with E-state index in [1.54, 1.807) is 4.68 Å². The van der Waals surface area contributed by atoms with Gasteiger partial charge in [-0.05, 0) is 24.6 Å². The van der Waals surface area contributed by atoms with E-state index in [9.17, 15) is 4.79 Å². The number of hydrogen-bond donors (Lipinski definition) is 1. The van der Waals surface area contributed by atoms with Crippen molar-refractivity contribution < 1.29 is 4.79 Å². The Bertz CT molecular complexity index is 751. The molecule has 0 bridgehead atoms. The molecule has 1 atom stereocenters. The third kappa shape index (κ3) is 2.91. The van der Waals surface area contributed by atoms with E-state index in [1.165, 1.54) is 0 Å². The molecule has 3 aromatic rings. The van der Waals surface area contributed by atoms with Crippen LogP contribution in [0, 0.1) is 0 Å². The van der Waals surface area contributed by atoms with E-state index in [-0.39, 0.29) is 18.5 Å². The molecule has 1 N–H and O–H groups in total. The first-order valence-electron chi connectivity index (χ1n) is 6.86. The number of para-hydroxylation sites is 1. The third-order valence-corrected chi connectivity index (χ3v) is 3.39. The first-order chi connectivity index (χ1) is 10.2. The monoisotopic (exact) mass is 280 g/mol. The maximum atomic E-state index is 12.1. The van der Waals surface area contributed by atoms with Crippen molar-refractivity contribution in [3.05, 3.63) is 60.2 Å². The van der Waals surface area contributed by atoms with Crippen molar-refractivity contribution in [3.63, 3.8) is 0 Å². The average molecular weight is 280 g/mol. The molecule has 1 heterocycles. The lowest BCUT2D eigenvalue weighted by Crippen LogP contribution is -2.30. The Morgan fingerprint density at radius 1 is 1.14 bits per heavy atom. The molecule has 21 heavy (non-hydrogen) atoms. The molecule has 0 fully saturated rings. The molecule has 0 aliphatic heterocycles. The summed E-state index contributed by atoms with van der Waals surface area (Å²) in [4.78, 5) is 12.1. The number of nitrogens with one attached hydrogen (secondary N) is 1. The van der Waals surface area contributed by atoms with Gasteiger partial charge < -0.3 is 5.32 Å². The fraction of sp³-hybridized carbons (Fsp3) is 0.188. The van der Waals surface area contributed by atoms with Crippen molar-refractivity contribution in [1.29, 1.82) is 0 Å².